The first-order valence-electron chi connectivity index (χ1n) is 7.28. The SMILES string of the molecule is CCNC(c1cccc(C)c1)c1ccccc1OCC. The smallest absolute Gasteiger partial charge is 0.124 e. The van der Waals surface area contributed by atoms with Crippen molar-refractivity contribution in [2.24, 2.45) is 0 Å². The summed E-state index contributed by atoms with van der Waals surface area (Å²) in [6, 6.07) is 17.1. The second-order valence-electron chi connectivity index (χ2n) is 4.88. The fourth-order valence-corrected chi connectivity index (χ4v) is 2.47. The Hall–Kier alpha value is -1.80. The van der Waals surface area contributed by atoms with Gasteiger partial charge in [0.1, 0.15) is 5.75 Å². The molecule has 2 aromatic carbocycles. The predicted octanol–water partition coefficient (Wildman–Crippen LogP) is 4.09. The van der Waals surface area contributed by atoms with E-state index >= 15 is 0 Å². The summed E-state index contributed by atoms with van der Waals surface area (Å²) in [5.74, 6) is 0.961. The van der Waals surface area contributed by atoms with Crippen LogP contribution in [0.25, 0.3) is 0 Å². The highest BCUT2D eigenvalue weighted by atomic mass is 16.5. The lowest BCUT2D eigenvalue weighted by molar-refractivity contribution is 0.333. The van der Waals surface area contributed by atoms with Crippen LogP contribution in [0.2, 0.25) is 0 Å². The highest BCUT2D eigenvalue weighted by Crippen LogP contribution is 2.30. The van der Waals surface area contributed by atoms with Gasteiger partial charge in [0, 0.05) is 5.56 Å². The van der Waals surface area contributed by atoms with Crippen LogP contribution in [-0.4, -0.2) is 13.2 Å². The number of benzene rings is 2. The number of hydrogen-bond acceptors (Lipinski definition) is 2. The number of para-hydroxylation sites is 1. The van der Waals surface area contributed by atoms with E-state index in [1.807, 2.05) is 19.1 Å². The van der Waals surface area contributed by atoms with Gasteiger partial charge in [0.2, 0.25) is 0 Å². The lowest BCUT2D eigenvalue weighted by Gasteiger charge is -2.22. The van der Waals surface area contributed by atoms with E-state index in [4.69, 9.17) is 4.74 Å². The Morgan fingerprint density at radius 2 is 1.85 bits per heavy atom. The third-order valence-corrected chi connectivity index (χ3v) is 3.31. The first kappa shape index (κ1) is 14.6. The van der Waals surface area contributed by atoms with Crippen molar-refractivity contribution < 1.29 is 4.74 Å². The fourth-order valence-electron chi connectivity index (χ4n) is 2.47. The lowest BCUT2D eigenvalue weighted by Crippen LogP contribution is -2.22. The van der Waals surface area contributed by atoms with Crippen LogP contribution in [0.15, 0.2) is 48.5 Å². The Kier molecular flexibility index (Phi) is 5.19. The first-order chi connectivity index (χ1) is 9.76. The van der Waals surface area contributed by atoms with Crippen molar-refractivity contribution in [3.05, 3.63) is 65.2 Å². The minimum absolute atomic E-state index is 0.169. The summed E-state index contributed by atoms with van der Waals surface area (Å²) < 4.78 is 5.78. The van der Waals surface area contributed by atoms with Crippen molar-refractivity contribution in [3.63, 3.8) is 0 Å². The molecule has 0 amide bonds. The zero-order valence-electron chi connectivity index (χ0n) is 12.5. The summed E-state index contributed by atoms with van der Waals surface area (Å²) in [7, 11) is 0. The van der Waals surface area contributed by atoms with Gasteiger partial charge < -0.3 is 10.1 Å². The molecule has 0 bridgehead atoms. The van der Waals surface area contributed by atoms with E-state index in [9.17, 15) is 0 Å². The van der Waals surface area contributed by atoms with E-state index in [1.165, 1.54) is 16.7 Å². The van der Waals surface area contributed by atoms with E-state index in [-0.39, 0.29) is 6.04 Å². The van der Waals surface area contributed by atoms with Crippen LogP contribution >= 0.6 is 0 Å². The number of ether oxygens (including phenoxy) is 1. The van der Waals surface area contributed by atoms with E-state index in [1.54, 1.807) is 0 Å². The van der Waals surface area contributed by atoms with E-state index < -0.39 is 0 Å². The molecule has 0 aliphatic rings. The van der Waals surface area contributed by atoms with Crippen LogP contribution in [0, 0.1) is 6.92 Å². The molecule has 0 radical (unpaired) electrons. The second kappa shape index (κ2) is 7.11. The lowest BCUT2D eigenvalue weighted by atomic mass is 9.96. The van der Waals surface area contributed by atoms with Crippen LogP contribution < -0.4 is 10.1 Å². The highest BCUT2D eigenvalue weighted by molar-refractivity contribution is 5.42. The first-order valence-corrected chi connectivity index (χ1v) is 7.28. The Balaban J connectivity index is 2.43. The molecule has 2 rings (SSSR count). The van der Waals surface area contributed by atoms with Gasteiger partial charge in [-0.25, -0.2) is 0 Å². The third kappa shape index (κ3) is 3.40. The number of hydrogen-bond donors (Lipinski definition) is 1. The van der Waals surface area contributed by atoms with Gasteiger partial charge in [0.25, 0.3) is 0 Å². The van der Waals surface area contributed by atoms with Gasteiger partial charge in [-0.1, -0.05) is 55.0 Å². The molecule has 20 heavy (non-hydrogen) atoms. The Labute approximate surface area is 121 Å². The van der Waals surface area contributed by atoms with Crippen molar-refractivity contribution in [2.45, 2.75) is 26.8 Å². The molecule has 0 saturated heterocycles. The molecule has 0 aliphatic carbocycles. The topological polar surface area (TPSA) is 21.3 Å². The molecule has 0 heterocycles. The van der Waals surface area contributed by atoms with Gasteiger partial charge >= 0.3 is 0 Å². The normalized spacial score (nSPS) is 12.2. The molecule has 0 aliphatic heterocycles. The quantitative estimate of drug-likeness (QED) is 0.852. The van der Waals surface area contributed by atoms with Gasteiger partial charge in [-0.05, 0) is 32.0 Å². The van der Waals surface area contributed by atoms with Crippen LogP contribution in [0.3, 0.4) is 0 Å². The number of nitrogens with one attached hydrogen (secondary N) is 1. The molecular weight excluding hydrogens is 246 g/mol. The molecule has 0 saturated carbocycles. The van der Waals surface area contributed by atoms with Crippen molar-refractivity contribution >= 4 is 0 Å². The van der Waals surface area contributed by atoms with E-state index in [0.29, 0.717) is 6.61 Å². The summed E-state index contributed by atoms with van der Waals surface area (Å²) in [5.41, 5.74) is 3.75. The highest BCUT2D eigenvalue weighted by Gasteiger charge is 2.17. The molecule has 0 fully saturated rings. The molecular formula is C18H23NO. The third-order valence-electron chi connectivity index (χ3n) is 3.31. The van der Waals surface area contributed by atoms with Gasteiger partial charge in [0.05, 0.1) is 12.6 Å². The molecule has 1 unspecified atom stereocenters. The van der Waals surface area contributed by atoms with Gasteiger partial charge in [-0.3, -0.25) is 0 Å². The molecule has 1 atom stereocenters. The summed E-state index contributed by atoms with van der Waals surface area (Å²) in [5, 5.41) is 3.56. The maximum absolute atomic E-state index is 5.78. The standard InChI is InChI=1S/C18H23NO/c1-4-19-18(15-10-8-9-14(3)13-15)16-11-6-7-12-17(16)20-5-2/h6-13,18-19H,4-5H2,1-3H3. The predicted molar refractivity (Wildman–Crippen MR) is 84.3 cm³/mol. The fraction of sp³-hybridized carbons (Fsp3) is 0.333. The molecule has 2 nitrogen and oxygen atoms in total. The van der Waals surface area contributed by atoms with Crippen molar-refractivity contribution in [1.29, 1.82) is 0 Å². The molecule has 106 valence electrons. The number of aryl methyl sites for hydroxylation is 1. The maximum Gasteiger partial charge on any atom is 0.124 e. The summed E-state index contributed by atoms with van der Waals surface area (Å²) in [4.78, 5) is 0. The molecule has 0 spiro atoms. The van der Waals surface area contributed by atoms with Crippen LogP contribution in [0.4, 0.5) is 0 Å². The van der Waals surface area contributed by atoms with Gasteiger partial charge in [0.15, 0.2) is 0 Å². The van der Waals surface area contributed by atoms with Crippen molar-refractivity contribution in [3.8, 4) is 5.75 Å². The van der Waals surface area contributed by atoms with Crippen LogP contribution in [0.1, 0.15) is 36.6 Å². The largest absolute Gasteiger partial charge is 0.494 e. The summed E-state index contributed by atoms with van der Waals surface area (Å²) in [6.07, 6.45) is 0. The molecule has 1 N–H and O–H groups in total. The minimum atomic E-state index is 0.169. The monoisotopic (exact) mass is 269 g/mol. The Morgan fingerprint density at radius 3 is 2.55 bits per heavy atom. The second-order valence-corrected chi connectivity index (χ2v) is 4.88. The van der Waals surface area contributed by atoms with Gasteiger partial charge in [-0.2, -0.15) is 0 Å². The Morgan fingerprint density at radius 1 is 1.05 bits per heavy atom. The minimum Gasteiger partial charge on any atom is -0.494 e. The van der Waals surface area contributed by atoms with Crippen LogP contribution in [0.5, 0.6) is 5.75 Å². The zero-order valence-corrected chi connectivity index (χ0v) is 12.5. The maximum atomic E-state index is 5.78. The van der Waals surface area contributed by atoms with Gasteiger partial charge in [-0.15, -0.1) is 0 Å². The molecule has 2 aromatic rings. The average molecular weight is 269 g/mol. The molecule has 2 heteroatoms. The van der Waals surface area contributed by atoms with E-state index in [2.05, 4.69) is 55.6 Å². The van der Waals surface area contributed by atoms with Crippen molar-refractivity contribution in [2.75, 3.05) is 13.2 Å². The molecule has 0 aromatic heterocycles. The van der Waals surface area contributed by atoms with Crippen LogP contribution in [-0.2, 0) is 0 Å². The Bertz CT molecular complexity index is 551. The summed E-state index contributed by atoms with van der Waals surface area (Å²) in [6.45, 7) is 7.88. The summed E-state index contributed by atoms with van der Waals surface area (Å²) >= 11 is 0. The van der Waals surface area contributed by atoms with Crippen molar-refractivity contribution in [1.82, 2.24) is 5.32 Å². The zero-order chi connectivity index (χ0) is 14.4. The number of rotatable bonds is 6. The van der Waals surface area contributed by atoms with E-state index in [0.717, 1.165) is 12.3 Å². The average Bonchev–Trinajstić information content (AvgIpc) is 2.46.